The number of methoxy groups -OCH3 is 1. The first-order chi connectivity index (χ1) is 12.2. The molecule has 0 N–H and O–H groups in total. The molecule has 0 unspecified atom stereocenters. The molecule has 0 saturated carbocycles. The summed E-state index contributed by atoms with van der Waals surface area (Å²) in [6, 6.07) is 7.95. The van der Waals surface area contributed by atoms with Crippen LogP contribution >= 0.6 is 0 Å². The maximum atomic E-state index is 12.6. The lowest BCUT2D eigenvalue weighted by atomic mass is 10.1. The van der Waals surface area contributed by atoms with Crippen LogP contribution in [0.2, 0.25) is 0 Å². The minimum Gasteiger partial charge on any atom is -0.479 e. The van der Waals surface area contributed by atoms with Crippen molar-refractivity contribution in [2.24, 2.45) is 0 Å². The van der Waals surface area contributed by atoms with Crippen LogP contribution in [-0.4, -0.2) is 59.1 Å². The Labute approximate surface area is 147 Å². The van der Waals surface area contributed by atoms with Crippen molar-refractivity contribution in [3.63, 3.8) is 0 Å². The van der Waals surface area contributed by atoms with Gasteiger partial charge in [0.2, 0.25) is 5.76 Å². The topological polar surface area (TPSA) is 71.7 Å². The third-order valence-corrected chi connectivity index (χ3v) is 4.65. The van der Waals surface area contributed by atoms with E-state index in [1.54, 1.807) is 0 Å². The number of rotatable bonds is 5. The van der Waals surface area contributed by atoms with Gasteiger partial charge in [0.25, 0.3) is 11.8 Å². The fourth-order valence-corrected chi connectivity index (χ4v) is 3.21. The molecular weight excluding hydrogens is 320 g/mol. The number of amides is 1. The zero-order valence-electron chi connectivity index (χ0n) is 14.7. The van der Waals surface area contributed by atoms with E-state index in [1.165, 1.54) is 13.2 Å². The van der Waals surface area contributed by atoms with E-state index in [0.717, 1.165) is 38.0 Å². The van der Waals surface area contributed by atoms with Crippen molar-refractivity contribution in [2.75, 3.05) is 27.2 Å². The Kier molecular flexibility index (Phi) is 5.65. The van der Waals surface area contributed by atoms with Gasteiger partial charge in [-0.15, -0.1) is 0 Å². The molecule has 7 nitrogen and oxygen atoms in total. The molecule has 0 radical (unpaired) electrons. The molecule has 1 amide bonds. The maximum Gasteiger partial charge on any atom is 0.292 e. The summed E-state index contributed by atoms with van der Waals surface area (Å²) in [5, 5.41) is 3.70. The molecular formula is C18H24N4O3. The van der Waals surface area contributed by atoms with Crippen molar-refractivity contribution in [2.45, 2.75) is 31.8 Å². The molecule has 3 heterocycles. The third-order valence-electron chi connectivity index (χ3n) is 4.65. The van der Waals surface area contributed by atoms with E-state index in [4.69, 9.17) is 9.26 Å². The van der Waals surface area contributed by atoms with Crippen molar-refractivity contribution >= 4 is 5.91 Å². The minimum atomic E-state index is -0.121. The Bertz CT molecular complexity index is 689. The number of carbonyl (C=O) groups excluding carboxylic acids is 1. The fraction of sp³-hybridized carbons (Fsp3) is 0.500. The highest BCUT2D eigenvalue weighted by Gasteiger charge is 2.26. The third kappa shape index (κ3) is 4.36. The average molecular weight is 344 g/mol. The minimum absolute atomic E-state index is 0.121. The molecule has 25 heavy (non-hydrogen) atoms. The monoisotopic (exact) mass is 344 g/mol. The molecule has 1 aliphatic heterocycles. The van der Waals surface area contributed by atoms with E-state index >= 15 is 0 Å². The summed E-state index contributed by atoms with van der Waals surface area (Å²) < 4.78 is 10.1. The van der Waals surface area contributed by atoms with Crippen LogP contribution in [0, 0.1) is 0 Å². The average Bonchev–Trinajstić information content (AvgIpc) is 2.98. The quantitative estimate of drug-likeness (QED) is 0.828. The summed E-state index contributed by atoms with van der Waals surface area (Å²) in [5.74, 6) is 0.437. The van der Waals surface area contributed by atoms with Crippen LogP contribution in [0.15, 0.2) is 35.0 Å². The van der Waals surface area contributed by atoms with Crippen LogP contribution in [0.25, 0.3) is 0 Å². The van der Waals surface area contributed by atoms with Gasteiger partial charge in [-0.1, -0.05) is 6.07 Å². The van der Waals surface area contributed by atoms with Crippen LogP contribution in [0.5, 0.6) is 5.88 Å². The fourth-order valence-electron chi connectivity index (χ4n) is 3.21. The van der Waals surface area contributed by atoms with Gasteiger partial charge in [0.15, 0.2) is 0 Å². The van der Waals surface area contributed by atoms with Gasteiger partial charge >= 0.3 is 0 Å². The number of carbonyl (C=O) groups is 1. The van der Waals surface area contributed by atoms with Crippen LogP contribution in [-0.2, 0) is 6.54 Å². The van der Waals surface area contributed by atoms with Crippen LogP contribution in [0.1, 0.15) is 35.5 Å². The number of hydrogen-bond donors (Lipinski definition) is 0. The summed E-state index contributed by atoms with van der Waals surface area (Å²) in [7, 11) is 3.62. The van der Waals surface area contributed by atoms with Crippen molar-refractivity contribution in [1.29, 1.82) is 0 Å². The smallest absolute Gasteiger partial charge is 0.292 e. The summed E-state index contributed by atoms with van der Waals surface area (Å²) in [6.07, 6.45) is 4.78. The standard InChI is InChI=1S/C18H24N4O3/c1-21(13-14-6-3-4-9-19-14)15-7-5-10-22(11-8-15)18(23)16-12-17(24-2)20-25-16/h3-4,6,9,12,15H,5,7-8,10-11,13H2,1-2H3/t15-/m1/s1. The lowest BCUT2D eigenvalue weighted by molar-refractivity contribution is 0.0715. The Morgan fingerprint density at radius 3 is 3.00 bits per heavy atom. The molecule has 1 atom stereocenters. The Morgan fingerprint density at radius 1 is 1.40 bits per heavy atom. The number of hydrogen-bond acceptors (Lipinski definition) is 6. The van der Waals surface area contributed by atoms with Crippen LogP contribution in [0.4, 0.5) is 0 Å². The van der Waals surface area contributed by atoms with Crippen molar-refractivity contribution in [3.05, 3.63) is 41.9 Å². The van der Waals surface area contributed by atoms with Gasteiger partial charge in [-0.05, 0) is 43.6 Å². The van der Waals surface area contributed by atoms with Crippen LogP contribution < -0.4 is 4.74 Å². The van der Waals surface area contributed by atoms with E-state index in [2.05, 4.69) is 22.1 Å². The van der Waals surface area contributed by atoms with Gasteiger partial charge in [-0.25, -0.2) is 0 Å². The number of aromatic nitrogens is 2. The van der Waals surface area contributed by atoms with Gasteiger partial charge in [-0.3, -0.25) is 14.7 Å². The molecule has 0 aliphatic carbocycles. The molecule has 0 spiro atoms. The highest BCUT2D eigenvalue weighted by molar-refractivity contribution is 5.91. The Hall–Kier alpha value is -2.41. The molecule has 134 valence electrons. The van der Waals surface area contributed by atoms with Gasteiger partial charge in [-0.2, -0.15) is 0 Å². The second kappa shape index (κ2) is 8.11. The van der Waals surface area contributed by atoms with Crippen LogP contribution in [0.3, 0.4) is 0 Å². The molecule has 3 rings (SSSR count). The highest BCUT2D eigenvalue weighted by atomic mass is 16.5. The first-order valence-corrected chi connectivity index (χ1v) is 8.57. The zero-order valence-corrected chi connectivity index (χ0v) is 14.7. The molecule has 0 aromatic carbocycles. The van der Waals surface area contributed by atoms with E-state index in [9.17, 15) is 4.79 Å². The van der Waals surface area contributed by atoms with E-state index in [0.29, 0.717) is 18.5 Å². The zero-order chi connectivity index (χ0) is 17.6. The number of nitrogens with zero attached hydrogens (tertiary/aromatic N) is 4. The van der Waals surface area contributed by atoms with E-state index in [-0.39, 0.29) is 11.7 Å². The van der Waals surface area contributed by atoms with Gasteiger partial charge in [0.05, 0.1) is 18.9 Å². The molecule has 1 aliphatic rings. The lowest BCUT2D eigenvalue weighted by Crippen LogP contribution is -2.34. The Balaban J connectivity index is 1.57. The van der Waals surface area contributed by atoms with Gasteiger partial charge in [0, 0.05) is 31.9 Å². The van der Waals surface area contributed by atoms with E-state index < -0.39 is 0 Å². The molecule has 7 heteroatoms. The maximum absolute atomic E-state index is 12.6. The first kappa shape index (κ1) is 17.4. The molecule has 1 fully saturated rings. The SMILES string of the molecule is COc1cc(C(=O)N2CCC[C@@H](N(C)Cc3ccccn3)CC2)on1. The second-order valence-electron chi connectivity index (χ2n) is 6.35. The first-order valence-electron chi connectivity index (χ1n) is 8.57. The molecule has 2 aromatic rings. The molecule has 0 bridgehead atoms. The van der Waals surface area contributed by atoms with Gasteiger partial charge < -0.3 is 14.2 Å². The molecule has 2 aromatic heterocycles. The predicted octanol–water partition coefficient (Wildman–Crippen LogP) is 2.20. The largest absolute Gasteiger partial charge is 0.479 e. The number of likely N-dealkylation sites (tertiary alicyclic amines) is 1. The predicted molar refractivity (Wildman–Crippen MR) is 92.3 cm³/mol. The van der Waals surface area contributed by atoms with Crippen molar-refractivity contribution in [3.8, 4) is 5.88 Å². The second-order valence-corrected chi connectivity index (χ2v) is 6.35. The summed E-state index contributed by atoms with van der Waals surface area (Å²) in [4.78, 5) is 21.1. The highest BCUT2D eigenvalue weighted by Crippen LogP contribution is 2.20. The summed E-state index contributed by atoms with van der Waals surface area (Å²) >= 11 is 0. The number of ether oxygens (including phenoxy) is 1. The van der Waals surface area contributed by atoms with Crippen molar-refractivity contribution < 1.29 is 14.1 Å². The molecule has 1 saturated heterocycles. The van der Waals surface area contributed by atoms with Crippen molar-refractivity contribution in [1.82, 2.24) is 19.9 Å². The lowest BCUT2D eigenvalue weighted by Gasteiger charge is -2.26. The summed E-state index contributed by atoms with van der Waals surface area (Å²) in [6.45, 7) is 2.26. The normalized spacial score (nSPS) is 18.2. The Morgan fingerprint density at radius 2 is 2.28 bits per heavy atom. The number of pyridine rings is 1. The summed E-state index contributed by atoms with van der Waals surface area (Å²) in [5.41, 5.74) is 1.07. The van der Waals surface area contributed by atoms with Gasteiger partial charge in [0.1, 0.15) is 0 Å². The van der Waals surface area contributed by atoms with E-state index in [1.807, 2.05) is 29.3 Å².